The highest BCUT2D eigenvalue weighted by molar-refractivity contribution is 7.99. The molecule has 2 nitrogen and oxygen atoms in total. The average Bonchev–Trinajstić information content (AvgIpc) is 3.00. The number of halogens is 3. The Hall–Kier alpha value is -1.13. The average molecular weight is 384 g/mol. The van der Waals surface area contributed by atoms with Gasteiger partial charge in [-0.2, -0.15) is 0 Å². The van der Waals surface area contributed by atoms with Gasteiger partial charge in [0.2, 0.25) is 0 Å². The summed E-state index contributed by atoms with van der Waals surface area (Å²) in [6.07, 6.45) is 5.51. The molecule has 118 valence electrons. The van der Waals surface area contributed by atoms with E-state index in [0.29, 0.717) is 10.0 Å². The van der Waals surface area contributed by atoms with E-state index in [4.69, 9.17) is 34.8 Å². The summed E-state index contributed by atoms with van der Waals surface area (Å²) in [5.41, 5.74) is 1.04. The Bertz CT molecular complexity index is 790. The predicted molar refractivity (Wildman–Crippen MR) is 98.7 cm³/mol. The molecule has 0 amide bonds. The molecule has 1 atom stereocenters. The Morgan fingerprint density at radius 3 is 2.57 bits per heavy atom. The van der Waals surface area contributed by atoms with Crippen molar-refractivity contribution in [3.05, 3.63) is 81.8 Å². The van der Waals surface area contributed by atoms with Crippen LogP contribution >= 0.6 is 46.6 Å². The van der Waals surface area contributed by atoms with Crippen LogP contribution in [0.25, 0.3) is 0 Å². The number of hydrogen-bond acceptors (Lipinski definition) is 2. The van der Waals surface area contributed by atoms with Gasteiger partial charge in [0.05, 0.1) is 11.6 Å². The molecular formula is C17H13Cl3N2S. The van der Waals surface area contributed by atoms with Crippen LogP contribution in [0.3, 0.4) is 0 Å². The Labute approximate surface area is 154 Å². The summed E-state index contributed by atoms with van der Waals surface area (Å²) in [4.78, 5) is 5.20. The zero-order chi connectivity index (χ0) is 16.2. The fourth-order valence-corrected chi connectivity index (χ4v) is 4.37. The molecule has 3 aromatic rings. The van der Waals surface area contributed by atoms with E-state index in [1.165, 1.54) is 0 Å². The Morgan fingerprint density at radius 1 is 1.04 bits per heavy atom. The van der Waals surface area contributed by atoms with E-state index in [2.05, 4.69) is 4.98 Å². The largest absolute Gasteiger partial charge is 0.336 e. The Balaban J connectivity index is 1.92. The molecule has 0 spiro atoms. The van der Waals surface area contributed by atoms with E-state index < -0.39 is 0 Å². The van der Waals surface area contributed by atoms with Crippen LogP contribution in [-0.4, -0.2) is 9.55 Å². The molecule has 0 saturated carbocycles. The molecule has 0 bridgehead atoms. The highest BCUT2D eigenvalue weighted by Gasteiger charge is 2.17. The lowest BCUT2D eigenvalue weighted by molar-refractivity contribution is 0.683. The minimum atomic E-state index is 0.118. The van der Waals surface area contributed by atoms with Crippen molar-refractivity contribution in [3.63, 3.8) is 0 Å². The van der Waals surface area contributed by atoms with Gasteiger partial charge in [-0.3, -0.25) is 0 Å². The third kappa shape index (κ3) is 4.45. The predicted octanol–water partition coefficient (Wildman–Crippen LogP) is 6.38. The number of hydrogen-bond donors (Lipinski definition) is 0. The molecule has 0 saturated heterocycles. The Kier molecular flexibility index (Phi) is 5.54. The molecule has 23 heavy (non-hydrogen) atoms. The van der Waals surface area contributed by atoms with E-state index in [0.717, 1.165) is 22.0 Å². The van der Waals surface area contributed by atoms with Gasteiger partial charge in [-0.05, 0) is 35.9 Å². The summed E-state index contributed by atoms with van der Waals surface area (Å²) in [5, 5.41) is 2.14. The molecule has 0 N–H and O–H groups in total. The maximum absolute atomic E-state index is 6.41. The van der Waals surface area contributed by atoms with Crippen LogP contribution in [0.5, 0.6) is 0 Å². The summed E-state index contributed by atoms with van der Waals surface area (Å²) >= 11 is 20.2. The molecule has 0 radical (unpaired) electrons. The minimum Gasteiger partial charge on any atom is -0.336 e. The molecule has 0 aliphatic rings. The lowest BCUT2D eigenvalue weighted by atomic mass is 10.1. The maximum Gasteiger partial charge on any atom is 0.0946 e. The summed E-state index contributed by atoms with van der Waals surface area (Å²) in [6, 6.07) is 13.4. The molecule has 0 fully saturated rings. The van der Waals surface area contributed by atoms with Gasteiger partial charge in [0.1, 0.15) is 0 Å². The van der Waals surface area contributed by atoms with Crippen molar-refractivity contribution < 1.29 is 0 Å². The summed E-state index contributed by atoms with van der Waals surface area (Å²) < 4.78 is 2.03. The Morgan fingerprint density at radius 2 is 1.87 bits per heavy atom. The van der Waals surface area contributed by atoms with Gasteiger partial charge in [-0.1, -0.05) is 46.9 Å². The first-order valence-electron chi connectivity index (χ1n) is 6.95. The maximum atomic E-state index is 6.41. The second kappa shape index (κ2) is 7.63. The number of aromatic nitrogens is 2. The van der Waals surface area contributed by atoms with E-state index in [1.807, 2.05) is 47.2 Å². The van der Waals surface area contributed by atoms with Gasteiger partial charge < -0.3 is 4.57 Å². The molecule has 0 aliphatic carbocycles. The molecule has 6 heteroatoms. The van der Waals surface area contributed by atoms with E-state index in [9.17, 15) is 0 Å². The zero-order valence-corrected chi connectivity index (χ0v) is 15.1. The van der Waals surface area contributed by atoms with Crippen LogP contribution in [-0.2, 0) is 6.54 Å². The van der Waals surface area contributed by atoms with E-state index >= 15 is 0 Å². The van der Waals surface area contributed by atoms with Crippen molar-refractivity contribution in [2.45, 2.75) is 16.7 Å². The van der Waals surface area contributed by atoms with Gasteiger partial charge in [-0.15, -0.1) is 11.8 Å². The number of benzene rings is 2. The van der Waals surface area contributed by atoms with Gasteiger partial charge in [0.15, 0.2) is 0 Å². The van der Waals surface area contributed by atoms with Crippen LogP contribution in [0.15, 0.2) is 66.1 Å². The van der Waals surface area contributed by atoms with Crippen molar-refractivity contribution in [1.82, 2.24) is 9.55 Å². The fourth-order valence-electron chi connectivity index (χ4n) is 2.25. The number of thioether (sulfide) groups is 1. The number of imidazole rings is 1. The van der Waals surface area contributed by atoms with Crippen LogP contribution in [0.2, 0.25) is 15.1 Å². The third-order valence-electron chi connectivity index (χ3n) is 3.32. The minimum absolute atomic E-state index is 0.118. The van der Waals surface area contributed by atoms with Crippen molar-refractivity contribution >= 4 is 46.6 Å². The van der Waals surface area contributed by atoms with Crippen LogP contribution in [0.4, 0.5) is 0 Å². The third-order valence-corrected chi connectivity index (χ3v) is 5.33. The lowest BCUT2D eigenvalue weighted by Crippen LogP contribution is -2.05. The van der Waals surface area contributed by atoms with Crippen molar-refractivity contribution in [3.8, 4) is 0 Å². The van der Waals surface area contributed by atoms with Gasteiger partial charge in [0, 0.05) is 38.9 Å². The SMILES string of the molecule is Clc1cccc(SC(Cn2ccnc2)c2ccc(Cl)cc2Cl)c1. The number of rotatable bonds is 5. The smallest absolute Gasteiger partial charge is 0.0946 e. The second-order valence-electron chi connectivity index (χ2n) is 4.99. The summed E-state index contributed by atoms with van der Waals surface area (Å²) in [5.74, 6) is 0. The topological polar surface area (TPSA) is 17.8 Å². The molecule has 1 heterocycles. The summed E-state index contributed by atoms with van der Waals surface area (Å²) in [6.45, 7) is 0.749. The second-order valence-corrected chi connectivity index (χ2v) is 7.55. The zero-order valence-electron chi connectivity index (χ0n) is 12.0. The van der Waals surface area contributed by atoms with Crippen LogP contribution in [0, 0.1) is 0 Å². The lowest BCUT2D eigenvalue weighted by Gasteiger charge is -2.19. The normalized spacial score (nSPS) is 12.3. The fraction of sp³-hybridized carbons (Fsp3) is 0.118. The molecular weight excluding hydrogens is 371 g/mol. The summed E-state index contributed by atoms with van der Waals surface area (Å²) in [7, 11) is 0. The molecule has 1 aromatic heterocycles. The molecule has 1 unspecified atom stereocenters. The van der Waals surface area contributed by atoms with Crippen molar-refractivity contribution in [2.75, 3.05) is 0 Å². The van der Waals surface area contributed by atoms with Crippen molar-refractivity contribution in [2.24, 2.45) is 0 Å². The molecule has 0 aliphatic heterocycles. The number of nitrogens with zero attached hydrogens (tertiary/aromatic N) is 2. The van der Waals surface area contributed by atoms with E-state index in [-0.39, 0.29) is 5.25 Å². The van der Waals surface area contributed by atoms with Crippen molar-refractivity contribution in [1.29, 1.82) is 0 Å². The highest BCUT2D eigenvalue weighted by Crippen LogP contribution is 2.40. The molecule has 2 aromatic carbocycles. The van der Waals surface area contributed by atoms with E-state index in [1.54, 1.807) is 30.4 Å². The van der Waals surface area contributed by atoms with Crippen LogP contribution in [0.1, 0.15) is 10.8 Å². The first-order chi connectivity index (χ1) is 11.1. The highest BCUT2D eigenvalue weighted by atomic mass is 35.5. The van der Waals surface area contributed by atoms with Crippen LogP contribution < -0.4 is 0 Å². The first kappa shape index (κ1) is 16.7. The quantitative estimate of drug-likeness (QED) is 0.476. The standard InChI is InChI=1S/C17H13Cl3N2S/c18-12-2-1-3-14(8-12)23-17(10-22-7-6-21-11-22)15-5-4-13(19)9-16(15)20/h1-9,11,17H,10H2. The van der Waals surface area contributed by atoms with Gasteiger partial charge in [-0.25, -0.2) is 4.98 Å². The van der Waals surface area contributed by atoms with Gasteiger partial charge >= 0.3 is 0 Å². The monoisotopic (exact) mass is 382 g/mol. The van der Waals surface area contributed by atoms with Gasteiger partial charge in [0.25, 0.3) is 0 Å². The molecule has 3 rings (SSSR count). The first-order valence-corrected chi connectivity index (χ1v) is 8.96.